The van der Waals surface area contributed by atoms with Gasteiger partial charge in [0.1, 0.15) is 12.4 Å². The first-order valence-corrected chi connectivity index (χ1v) is 7.23. The van der Waals surface area contributed by atoms with Gasteiger partial charge in [0, 0.05) is 5.56 Å². The molecule has 0 bridgehead atoms. The molecule has 0 spiro atoms. The Kier molecular flexibility index (Phi) is 5.38. The minimum Gasteiger partial charge on any atom is -0.491 e. The highest BCUT2D eigenvalue weighted by atomic mass is 16.5. The minimum absolute atomic E-state index is 0.0728. The van der Waals surface area contributed by atoms with Crippen molar-refractivity contribution >= 4 is 5.91 Å². The Labute approximate surface area is 126 Å². The van der Waals surface area contributed by atoms with Crippen LogP contribution in [0.15, 0.2) is 54.6 Å². The van der Waals surface area contributed by atoms with Gasteiger partial charge in [0.15, 0.2) is 0 Å². The summed E-state index contributed by atoms with van der Waals surface area (Å²) in [6, 6.07) is 17.2. The van der Waals surface area contributed by atoms with Crippen LogP contribution in [0, 0.1) is 0 Å². The number of amides is 1. The summed E-state index contributed by atoms with van der Waals surface area (Å²) in [6.45, 7) is 5.22. The summed E-state index contributed by atoms with van der Waals surface area (Å²) in [5.74, 6) is 1.23. The third-order valence-corrected chi connectivity index (χ3v) is 3.22. The summed E-state index contributed by atoms with van der Waals surface area (Å²) < 4.78 is 5.77. The number of benzene rings is 2. The molecule has 2 aromatic rings. The van der Waals surface area contributed by atoms with Crippen LogP contribution in [0.3, 0.4) is 0 Å². The van der Waals surface area contributed by atoms with Crippen LogP contribution in [0.25, 0.3) is 0 Å². The van der Waals surface area contributed by atoms with E-state index in [1.165, 1.54) is 5.56 Å². The van der Waals surface area contributed by atoms with E-state index >= 15 is 0 Å². The maximum atomic E-state index is 11.9. The van der Waals surface area contributed by atoms with E-state index in [9.17, 15) is 4.79 Å². The molecule has 0 aromatic heterocycles. The van der Waals surface area contributed by atoms with E-state index in [0.717, 1.165) is 5.75 Å². The Hall–Kier alpha value is -2.29. The fourth-order valence-corrected chi connectivity index (χ4v) is 2.11. The van der Waals surface area contributed by atoms with E-state index in [0.29, 0.717) is 24.6 Å². The van der Waals surface area contributed by atoms with Crippen molar-refractivity contribution in [2.45, 2.75) is 19.8 Å². The Morgan fingerprint density at radius 2 is 1.71 bits per heavy atom. The lowest BCUT2D eigenvalue weighted by molar-refractivity contribution is 0.0947. The number of ether oxygens (including phenoxy) is 1. The zero-order chi connectivity index (χ0) is 15.1. The van der Waals surface area contributed by atoms with E-state index < -0.39 is 0 Å². The molecule has 0 saturated carbocycles. The Morgan fingerprint density at radius 1 is 1.05 bits per heavy atom. The zero-order valence-corrected chi connectivity index (χ0v) is 12.5. The van der Waals surface area contributed by atoms with E-state index in [1.54, 1.807) is 12.1 Å². The lowest BCUT2D eigenvalue weighted by atomic mass is 10.0. The first-order valence-electron chi connectivity index (χ1n) is 7.23. The van der Waals surface area contributed by atoms with Gasteiger partial charge < -0.3 is 10.1 Å². The third-order valence-electron chi connectivity index (χ3n) is 3.22. The lowest BCUT2D eigenvalue weighted by Gasteiger charge is -2.14. The fourth-order valence-electron chi connectivity index (χ4n) is 2.11. The Morgan fingerprint density at radius 3 is 2.43 bits per heavy atom. The van der Waals surface area contributed by atoms with Crippen molar-refractivity contribution in [1.82, 2.24) is 5.32 Å². The second kappa shape index (κ2) is 7.48. The van der Waals surface area contributed by atoms with Crippen molar-refractivity contribution in [3.05, 3.63) is 65.7 Å². The number of hydrogen-bond donors (Lipinski definition) is 1. The van der Waals surface area contributed by atoms with E-state index in [-0.39, 0.29) is 5.91 Å². The fraction of sp³-hybridized carbons (Fsp3) is 0.278. The van der Waals surface area contributed by atoms with E-state index in [2.05, 4.69) is 25.2 Å². The van der Waals surface area contributed by atoms with Crippen molar-refractivity contribution in [2.24, 2.45) is 0 Å². The lowest BCUT2D eigenvalue weighted by Crippen LogP contribution is -2.28. The third kappa shape index (κ3) is 4.35. The standard InChI is InChI=1S/C18H21NO2/c1-14(2)16-10-6-7-11-17(16)21-13-12-19-18(20)15-8-4-3-5-9-15/h3-11,14H,12-13H2,1-2H3,(H,19,20). The largest absolute Gasteiger partial charge is 0.491 e. The number of carbonyl (C=O) groups excluding carboxylic acids is 1. The summed E-state index contributed by atoms with van der Waals surface area (Å²) in [7, 11) is 0. The normalized spacial score (nSPS) is 10.4. The SMILES string of the molecule is CC(C)c1ccccc1OCCNC(=O)c1ccccc1. The van der Waals surface area contributed by atoms with Crippen molar-refractivity contribution < 1.29 is 9.53 Å². The topological polar surface area (TPSA) is 38.3 Å². The van der Waals surface area contributed by atoms with Crippen LogP contribution in [-0.4, -0.2) is 19.1 Å². The average molecular weight is 283 g/mol. The molecule has 2 rings (SSSR count). The predicted octanol–water partition coefficient (Wildman–Crippen LogP) is 3.62. The van der Waals surface area contributed by atoms with Crippen molar-refractivity contribution in [1.29, 1.82) is 0 Å². The van der Waals surface area contributed by atoms with Crippen molar-refractivity contribution in [3.8, 4) is 5.75 Å². The molecule has 0 heterocycles. The first-order chi connectivity index (χ1) is 10.2. The van der Waals surface area contributed by atoms with Crippen molar-refractivity contribution in [3.63, 3.8) is 0 Å². The number of rotatable bonds is 6. The van der Waals surface area contributed by atoms with Crippen LogP contribution in [0.2, 0.25) is 0 Å². The van der Waals surface area contributed by atoms with Gasteiger partial charge in [-0.05, 0) is 29.7 Å². The molecular weight excluding hydrogens is 262 g/mol. The molecule has 0 radical (unpaired) electrons. The molecule has 3 nitrogen and oxygen atoms in total. The van der Waals surface area contributed by atoms with Crippen molar-refractivity contribution in [2.75, 3.05) is 13.2 Å². The van der Waals surface area contributed by atoms with Gasteiger partial charge in [-0.1, -0.05) is 50.2 Å². The van der Waals surface area contributed by atoms with E-state index in [1.807, 2.05) is 36.4 Å². The molecule has 1 amide bonds. The first kappa shape index (κ1) is 15.1. The molecule has 0 atom stereocenters. The highest BCUT2D eigenvalue weighted by Gasteiger charge is 2.07. The van der Waals surface area contributed by atoms with Gasteiger partial charge in [0.2, 0.25) is 0 Å². The van der Waals surface area contributed by atoms with Gasteiger partial charge in [0.25, 0.3) is 5.91 Å². The van der Waals surface area contributed by atoms with Gasteiger partial charge in [-0.15, -0.1) is 0 Å². The van der Waals surface area contributed by atoms with Gasteiger partial charge in [0.05, 0.1) is 6.54 Å². The molecule has 0 aliphatic heterocycles. The Bertz CT molecular complexity index is 579. The van der Waals surface area contributed by atoms with Gasteiger partial charge in [-0.3, -0.25) is 4.79 Å². The number of carbonyl (C=O) groups is 1. The maximum absolute atomic E-state index is 11.9. The molecular formula is C18H21NO2. The molecule has 21 heavy (non-hydrogen) atoms. The monoisotopic (exact) mass is 283 g/mol. The van der Waals surface area contributed by atoms with Gasteiger partial charge in [-0.25, -0.2) is 0 Å². The molecule has 0 fully saturated rings. The predicted molar refractivity (Wildman–Crippen MR) is 84.8 cm³/mol. The highest BCUT2D eigenvalue weighted by molar-refractivity contribution is 5.94. The molecule has 3 heteroatoms. The molecule has 2 aromatic carbocycles. The molecule has 1 N–H and O–H groups in total. The summed E-state index contributed by atoms with van der Waals surface area (Å²) in [5.41, 5.74) is 1.85. The highest BCUT2D eigenvalue weighted by Crippen LogP contribution is 2.25. The summed E-state index contributed by atoms with van der Waals surface area (Å²) in [5, 5.41) is 2.85. The summed E-state index contributed by atoms with van der Waals surface area (Å²) in [4.78, 5) is 11.9. The van der Waals surface area contributed by atoms with Crippen LogP contribution in [0.5, 0.6) is 5.75 Å². The molecule has 0 aliphatic rings. The number of para-hydroxylation sites is 1. The average Bonchev–Trinajstić information content (AvgIpc) is 2.52. The molecule has 0 saturated heterocycles. The molecule has 110 valence electrons. The maximum Gasteiger partial charge on any atom is 0.251 e. The van der Waals surface area contributed by atoms with E-state index in [4.69, 9.17) is 4.74 Å². The van der Waals surface area contributed by atoms with Gasteiger partial charge in [-0.2, -0.15) is 0 Å². The van der Waals surface area contributed by atoms with Crippen LogP contribution < -0.4 is 10.1 Å². The minimum atomic E-state index is -0.0728. The summed E-state index contributed by atoms with van der Waals surface area (Å²) >= 11 is 0. The second-order valence-corrected chi connectivity index (χ2v) is 5.16. The van der Waals surface area contributed by atoms with Crippen LogP contribution in [0.1, 0.15) is 35.7 Å². The Balaban J connectivity index is 1.82. The molecule has 0 unspecified atom stereocenters. The quantitative estimate of drug-likeness (QED) is 0.822. The van der Waals surface area contributed by atoms with Crippen LogP contribution in [-0.2, 0) is 0 Å². The number of hydrogen-bond acceptors (Lipinski definition) is 2. The van der Waals surface area contributed by atoms with Crippen LogP contribution in [0.4, 0.5) is 0 Å². The van der Waals surface area contributed by atoms with Crippen LogP contribution >= 0.6 is 0 Å². The molecule has 0 aliphatic carbocycles. The van der Waals surface area contributed by atoms with Gasteiger partial charge >= 0.3 is 0 Å². The number of nitrogens with one attached hydrogen (secondary N) is 1. The second-order valence-electron chi connectivity index (χ2n) is 5.16. The zero-order valence-electron chi connectivity index (χ0n) is 12.5. The smallest absolute Gasteiger partial charge is 0.251 e. The summed E-state index contributed by atoms with van der Waals surface area (Å²) in [6.07, 6.45) is 0.